The summed E-state index contributed by atoms with van der Waals surface area (Å²) in [5.41, 5.74) is 1.36. The van der Waals surface area contributed by atoms with Crippen LogP contribution in [0, 0.1) is 6.92 Å². The van der Waals surface area contributed by atoms with Gasteiger partial charge >= 0.3 is 0 Å². The maximum absolute atomic E-state index is 11.6. The molecule has 0 unspecified atom stereocenters. The molecule has 0 aliphatic rings. The Morgan fingerprint density at radius 2 is 2.00 bits per heavy atom. The summed E-state index contributed by atoms with van der Waals surface area (Å²) in [5, 5.41) is 3.22. The lowest BCUT2D eigenvalue weighted by molar-refractivity contribution is -0.121. The molecule has 0 bridgehead atoms. The van der Waals surface area contributed by atoms with Crippen molar-refractivity contribution in [3.05, 3.63) is 22.7 Å². The van der Waals surface area contributed by atoms with Crippen LogP contribution in [-0.2, 0) is 9.59 Å². The quantitative estimate of drug-likeness (QED) is 0.894. The van der Waals surface area contributed by atoms with Crippen molar-refractivity contribution in [1.82, 2.24) is 0 Å². The van der Waals surface area contributed by atoms with Crippen LogP contribution in [0.25, 0.3) is 0 Å². The fraction of sp³-hybridized carbons (Fsp3) is 0.385. The number of ketones is 1. The highest BCUT2D eigenvalue weighted by Crippen LogP contribution is 2.32. The maximum Gasteiger partial charge on any atom is 0.224 e. The maximum atomic E-state index is 11.6. The van der Waals surface area contributed by atoms with Gasteiger partial charge in [0.2, 0.25) is 5.91 Å². The van der Waals surface area contributed by atoms with E-state index in [1.807, 2.05) is 6.92 Å². The second-order valence-electron chi connectivity index (χ2n) is 4.05. The van der Waals surface area contributed by atoms with E-state index in [1.165, 1.54) is 14.0 Å². The highest BCUT2D eigenvalue weighted by atomic mass is 35.5. The summed E-state index contributed by atoms with van der Waals surface area (Å²) in [7, 11) is 1.53. The molecule has 1 amide bonds. The Kier molecular flexibility index (Phi) is 5.16. The predicted octanol–water partition coefficient (Wildman–Crippen LogP) is 2.96. The number of halogens is 1. The first kappa shape index (κ1) is 14.5. The molecular weight excluding hydrogens is 254 g/mol. The number of anilines is 1. The third-order valence-electron chi connectivity index (χ3n) is 2.42. The molecule has 0 spiro atoms. The second kappa shape index (κ2) is 6.40. The number of carbonyl (C=O) groups excluding carboxylic acids is 2. The average molecular weight is 270 g/mol. The van der Waals surface area contributed by atoms with Crippen molar-refractivity contribution in [2.45, 2.75) is 26.7 Å². The van der Waals surface area contributed by atoms with Gasteiger partial charge < -0.3 is 14.8 Å². The fourth-order valence-corrected chi connectivity index (χ4v) is 1.87. The molecule has 98 valence electrons. The second-order valence-corrected chi connectivity index (χ2v) is 4.49. The summed E-state index contributed by atoms with van der Waals surface area (Å²) in [4.78, 5) is 22.5. The lowest BCUT2D eigenvalue weighted by atomic mass is 10.1. The van der Waals surface area contributed by atoms with Crippen molar-refractivity contribution < 1.29 is 14.3 Å². The number of methoxy groups -OCH3 is 1. The number of hydrogen-bond donors (Lipinski definition) is 1. The molecular formula is C13H16ClNO3. The van der Waals surface area contributed by atoms with Crippen LogP contribution in [0.2, 0.25) is 5.02 Å². The van der Waals surface area contributed by atoms with Gasteiger partial charge in [0.05, 0.1) is 12.8 Å². The Hall–Kier alpha value is -1.55. The molecule has 0 saturated heterocycles. The van der Waals surface area contributed by atoms with Gasteiger partial charge in [-0.3, -0.25) is 4.79 Å². The van der Waals surface area contributed by atoms with Crippen LogP contribution in [0.3, 0.4) is 0 Å². The molecule has 0 aromatic heterocycles. The average Bonchev–Trinajstić information content (AvgIpc) is 2.26. The van der Waals surface area contributed by atoms with Crippen molar-refractivity contribution in [3.8, 4) is 5.75 Å². The fourth-order valence-electron chi connectivity index (χ4n) is 1.60. The number of Topliss-reactive ketones (excluding diaryl/α,β-unsaturated/α-hetero) is 1. The van der Waals surface area contributed by atoms with E-state index in [1.54, 1.807) is 12.1 Å². The Bertz CT molecular complexity index is 472. The number of benzene rings is 1. The van der Waals surface area contributed by atoms with Crippen LogP contribution in [0.1, 0.15) is 25.3 Å². The minimum absolute atomic E-state index is 0.0145. The molecule has 0 heterocycles. The zero-order chi connectivity index (χ0) is 13.7. The molecule has 0 radical (unpaired) electrons. The van der Waals surface area contributed by atoms with Crippen molar-refractivity contribution >= 4 is 29.0 Å². The van der Waals surface area contributed by atoms with E-state index >= 15 is 0 Å². The molecule has 1 N–H and O–H groups in total. The van der Waals surface area contributed by atoms with Crippen molar-refractivity contribution in [2.24, 2.45) is 0 Å². The zero-order valence-corrected chi connectivity index (χ0v) is 11.4. The van der Waals surface area contributed by atoms with E-state index in [0.29, 0.717) is 16.5 Å². The normalized spacial score (nSPS) is 10.0. The van der Waals surface area contributed by atoms with Crippen LogP contribution in [0.5, 0.6) is 5.75 Å². The largest absolute Gasteiger partial charge is 0.494 e. The van der Waals surface area contributed by atoms with Crippen molar-refractivity contribution in [3.63, 3.8) is 0 Å². The first-order valence-corrected chi connectivity index (χ1v) is 5.95. The minimum atomic E-state index is -0.231. The van der Waals surface area contributed by atoms with Crippen molar-refractivity contribution in [2.75, 3.05) is 12.4 Å². The number of rotatable bonds is 5. The number of aryl methyl sites for hydroxylation is 1. The molecule has 4 nitrogen and oxygen atoms in total. The summed E-state index contributed by atoms with van der Waals surface area (Å²) in [6.07, 6.45) is 0.387. The third kappa shape index (κ3) is 4.04. The summed E-state index contributed by atoms with van der Waals surface area (Å²) in [5.74, 6) is 0.333. The number of amides is 1. The smallest absolute Gasteiger partial charge is 0.224 e. The van der Waals surface area contributed by atoms with E-state index in [9.17, 15) is 9.59 Å². The lowest BCUT2D eigenvalue weighted by Crippen LogP contribution is -2.13. The van der Waals surface area contributed by atoms with Gasteiger partial charge in [0, 0.05) is 17.9 Å². The van der Waals surface area contributed by atoms with Crippen LogP contribution < -0.4 is 10.1 Å². The van der Waals surface area contributed by atoms with Gasteiger partial charge in [0.1, 0.15) is 11.5 Å². The molecule has 1 rings (SSSR count). The summed E-state index contributed by atoms with van der Waals surface area (Å²) in [6, 6.07) is 3.38. The van der Waals surface area contributed by atoms with Crippen LogP contribution in [-0.4, -0.2) is 18.8 Å². The predicted molar refractivity (Wildman–Crippen MR) is 71.3 cm³/mol. The third-order valence-corrected chi connectivity index (χ3v) is 2.64. The molecule has 5 heteroatoms. The Balaban J connectivity index is 2.83. The molecule has 0 aliphatic carbocycles. The van der Waals surface area contributed by atoms with Crippen LogP contribution in [0.4, 0.5) is 5.69 Å². The van der Waals surface area contributed by atoms with Gasteiger partial charge in [-0.05, 0) is 31.5 Å². The summed E-state index contributed by atoms with van der Waals surface area (Å²) in [6.45, 7) is 3.30. The summed E-state index contributed by atoms with van der Waals surface area (Å²) < 4.78 is 5.22. The Morgan fingerprint density at radius 1 is 1.33 bits per heavy atom. The SMILES string of the molecule is COc1c(C)cc(Cl)cc1NC(=O)CCC(C)=O. The van der Waals surface area contributed by atoms with Gasteiger partial charge in [-0.15, -0.1) is 0 Å². The van der Waals surface area contributed by atoms with Gasteiger partial charge in [-0.2, -0.15) is 0 Å². The monoisotopic (exact) mass is 269 g/mol. The van der Waals surface area contributed by atoms with Gasteiger partial charge in [0.25, 0.3) is 0 Å². The molecule has 0 fully saturated rings. The van der Waals surface area contributed by atoms with E-state index in [2.05, 4.69) is 5.32 Å². The number of hydrogen-bond acceptors (Lipinski definition) is 3. The van der Waals surface area contributed by atoms with Gasteiger partial charge in [-0.25, -0.2) is 0 Å². The molecule has 1 aromatic rings. The molecule has 0 atom stereocenters. The topological polar surface area (TPSA) is 55.4 Å². The van der Waals surface area contributed by atoms with E-state index in [-0.39, 0.29) is 24.5 Å². The minimum Gasteiger partial charge on any atom is -0.494 e. The number of nitrogens with one attached hydrogen (secondary N) is 1. The van der Waals surface area contributed by atoms with Gasteiger partial charge in [0.15, 0.2) is 0 Å². The Labute approximate surface area is 111 Å². The van der Waals surface area contributed by atoms with Crippen LogP contribution >= 0.6 is 11.6 Å². The molecule has 18 heavy (non-hydrogen) atoms. The molecule has 1 aromatic carbocycles. The van der Waals surface area contributed by atoms with Crippen LogP contribution in [0.15, 0.2) is 12.1 Å². The zero-order valence-electron chi connectivity index (χ0n) is 10.7. The van der Waals surface area contributed by atoms with E-state index in [0.717, 1.165) is 5.56 Å². The standard InChI is InChI=1S/C13H16ClNO3/c1-8-6-10(14)7-11(13(8)18-3)15-12(17)5-4-9(2)16/h6-7H,4-5H2,1-3H3,(H,15,17). The summed E-state index contributed by atoms with van der Waals surface area (Å²) >= 11 is 5.93. The number of ether oxygens (including phenoxy) is 1. The van der Waals surface area contributed by atoms with Crippen molar-refractivity contribution in [1.29, 1.82) is 0 Å². The van der Waals surface area contributed by atoms with E-state index < -0.39 is 0 Å². The highest BCUT2D eigenvalue weighted by molar-refractivity contribution is 6.31. The first-order valence-electron chi connectivity index (χ1n) is 5.57. The lowest BCUT2D eigenvalue weighted by Gasteiger charge is -2.13. The highest BCUT2D eigenvalue weighted by Gasteiger charge is 2.11. The molecule has 0 saturated carbocycles. The van der Waals surface area contributed by atoms with Gasteiger partial charge in [-0.1, -0.05) is 11.6 Å². The number of carbonyl (C=O) groups is 2. The molecule has 0 aliphatic heterocycles. The first-order chi connectivity index (χ1) is 8.43. The van der Waals surface area contributed by atoms with E-state index in [4.69, 9.17) is 16.3 Å². The Morgan fingerprint density at radius 3 is 2.56 bits per heavy atom.